The fourth-order valence-corrected chi connectivity index (χ4v) is 3.89. The number of nitriles is 1. The Morgan fingerprint density at radius 3 is 2.67 bits per heavy atom. The standard InChI is InChI=1S/C28H33N5O3/c1-19-3-4-21(7-9-35-25-17-34-18-25)12-27(33-20(19)2)36-10-8-24-11-22(13-29)5-6-26(24)28-31-15-23(14-30)16-32-28/h4-6,11-12,15-16,19,25H,3,7-10,14,17-18,30H2,1-2H3/b21-4+,27-12+,33-20?. The molecule has 1 atom stereocenters. The first-order valence-corrected chi connectivity index (χ1v) is 12.4. The van der Waals surface area contributed by atoms with Gasteiger partial charge in [0.25, 0.3) is 0 Å². The lowest BCUT2D eigenvalue weighted by Crippen LogP contribution is -2.36. The average molecular weight is 488 g/mol. The van der Waals surface area contributed by atoms with E-state index in [0.29, 0.717) is 62.6 Å². The Hall–Kier alpha value is -3.38. The van der Waals surface area contributed by atoms with Gasteiger partial charge in [-0.15, -0.1) is 0 Å². The predicted molar refractivity (Wildman–Crippen MR) is 138 cm³/mol. The molecule has 2 aliphatic rings. The topological polar surface area (TPSA) is 116 Å². The zero-order valence-corrected chi connectivity index (χ0v) is 20.9. The number of rotatable bonds is 10. The van der Waals surface area contributed by atoms with Crippen LogP contribution in [0.15, 0.2) is 59.2 Å². The maximum absolute atomic E-state index is 9.41. The molecule has 0 aliphatic carbocycles. The van der Waals surface area contributed by atoms with Crippen molar-refractivity contribution in [1.29, 1.82) is 5.26 Å². The number of nitrogens with zero attached hydrogens (tertiary/aromatic N) is 4. The predicted octanol–water partition coefficient (Wildman–Crippen LogP) is 4.11. The molecule has 1 unspecified atom stereocenters. The number of nitrogens with two attached hydrogens (primary N) is 1. The van der Waals surface area contributed by atoms with E-state index in [1.165, 1.54) is 0 Å². The van der Waals surface area contributed by atoms with Gasteiger partial charge in [-0.25, -0.2) is 15.0 Å². The maximum atomic E-state index is 9.41. The summed E-state index contributed by atoms with van der Waals surface area (Å²) < 4.78 is 17.2. The fraction of sp³-hybridized carbons (Fsp3) is 0.429. The summed E-state index contributed by atoms with van der Waals surface area (Å²) in [4.78, 5) is 13.7. The van der Waals surface area contributed by atoms with E-state index >= 15 is 0 Å². The highest BCUT2D eigenvalue weighted by atomic mass is 16.6. The zero-order chi connectivity index (χ0) is 25.3. The SMILES string of the molecule is CC1=N/C(OCCc2cc(C#N)ccc2-c2ncc(CN)cn2)=C\C(CCOC2COC2)=C\CC1C. The maximum Gasteiger partial charge on any atom is 0.213 e. The van der Waals surface area contributed by atoms with E-state index in [4.69, 9.17) is 24.9 Å². The van der Waals surface area contributed by atoms with Crippen molar-refractivity contribution in [3.8, 4) is 17.5 Å². The molecule has 1 aromatic heterocycles. The number of aliphatic imine (C=N–C) groups is 1. The Kier molecular flexibility index (Phi) is 8.95. The third kappa shape index (κ3) is 6.85. The van der Waals surface area contributed by atoms with Crippen molar-refractivity contribution >= 4 is 5.71 Å². The van der Waals surface area contributed by atoms with E-state index in [1.807, 2.05) is 25.1 Å². The third-order valence-electron chi connectivity index (χ3n) is 6.43. The smallest absolute Gasteiger partial charge is 0.213 e. The van der Waals surface area contributed by atoms with E-state index in [1.54, 1.807) is 18.5 Å². The van der Waals surface area contributed by atoms with Crippen LogP contribution in [0.25, 0.3) is 11.4 Å². The normalized spacial score (nSPS) is 21.1. The molecule has 0 bridgehead atoms. The molecule has 188 valence electrons. The lowest BCUT2D eigenvalue weighted by atomic mass is 9.99. The minimum Gasteiger partial charge on any atom is -0.477 e. The molecule has 8 heteroatoms. The van der Waals surface area contributed by atoms with Crippen molar-refractivity contribution in [2.24, 2.45) is 16.6 Å². The van der Waals surface area contributed by atoms with Crippen LogP contribution in [0.1, 0.15) is 43.4 Å². The molecule has 0 radical (unpaired) electrons. The highest BCUT2D eigenvalue weighted by Gasteiger charge is 2.19. The summed E-state index contributed by atoms with van der Waals surface area (Å²) in [5, 5.41) is 9.41. The summed E-state index contributed by atoms with van der Waals surface area (Å²) in [7, 11) is 0. The molecule has 8 nitrogen and oxygen atoms in total. The number of aromatic nitrogens is 2. The van der Waals surface area contributed by atoms with E-state index in [9.17, 15) is 5.26 Å². The monoisotopic (exact) mass is 487 g/mol. The lowest BCUT2D eigenvalue weighted by molar-refractivity contribution is -0.128. The molecule has 1 aromatic carbocycles. The molecule has 3 heterocycles. The molecule has 1 saturated heterocycles. The van der Waals surface area contributed by atoms with Gasteiger partial charge < -0.3 is 19.9 Å². The Morgan fingerprint density at radius 1 is 1.17 bits per heavy atom. The number of hydrogen-bond acceptors (Lipinski definition) is 8. The van der Waals surface area contributed by atoms with Crippen molar-refractivity contribution in [3.05, 3.63) is 70.9 Å². The average Bonchev–Trinajstić information content (AvgIpc) is 2.87. The summed E-state index contributed by atoms with van der Waals surface area (Å²) >= 11 is 0. The summed E-state index contributed by atoms with van der Waals surface area (Å²) in [6, 6.07) is 7.75. The number of benzene rings is 1. The van der Waals surface area contributed by atoms with Crippen molar-refractivity contribution in [2.75, 3.05) is 26.4 Å². The Morgan fingerprint density at radius 2 is 1.97 bits per heavy atom. The van der Waals surface area contributed by atoms with Gasteiger partial charge in [0.2, 0.25) is 5.88 Å². The quantitative estimate of drug-likeness (QED) is 0.536. The van der Waals surface area contributed by atoms with Crippen LogP contribution in [0.4, 0.5) is 0 Å². The van der Waals surface area contributed by atoms with Crippen LogP contribution in [-0.4, -0.2) is 48.2 Å². The fourth-order valence-electron chi connectivity index (χ4n) is 3.89. The summed E-state index contributed by atoms with van der Waals surface area (Å²) in [5.74, 6) is 1.53. The number of allylic oxidation sites excluding steroid dienone is 2. The second kappa shape index (κ2) is 12.5. The minimum absolute atomic E-state index is 0.215. The molecule has 0 saturated carbocycles. The van der Waals surface area contributed by atoms with E-state index in [0.717, 1.165) is 40.8 Å². The van der Waals surface area contributed by atoms with E-state index in [-0.39, 0.29) is 6.10 Å². The molecular weight excluding hydrogens is 454 g/mol. The molecule has 2 N–H and O–H groups in total. The molecule has 0 spiro atoms. The largest absolute Gasteiger partial charge is 0.477 e. The van der Waals surface area contributed by atoms with Crippen molar-refractivity contribution < 1.29 is 14.2 Å². The Bertz CT molecular complexity index is 1180. The van der Waals surface area contributed by atoms with Gasteiger partial charge in [-0.1, -0.05) is 13.0 Å². The van der Waals surface area contributed by atoms with Gasteiger partial charge in [-0.3, -0.25) is 0 Å². The number of ether oxygens (including phenoxy) is 3. The molecule has 2 aromatic rings. The second-order valence-electron chi connectivity index (χ2n) is 9.13. The highest BCUT2D eigenvalue weighted by molar-refractivity contribution is 5.85. The third-order valence-corrected chi connectivity index (χ3v) is 6.43. The van der Waals surface area contributed by atoms with Gasteiger partial charge in [-0.05, 0) is 55.0 Å². The Labute approximate surface area is 212 Å². The van der Waals surface area contributed by atoms with Gasteiger partial charge in [0.05, 0.1) is 38.1 Å². The van der Waals surface area contributed by atoms with Gasteiger partial charge in [-0.2, -0.15) is 5.26 Å². The first-order valence-electron chi connectivity index (χ1n) is 12.4. The van der Waals surface area contributed by atoms with Crippen LogP contribution < -0.4 is 5.73 Å². The molecule has 1 fully saturated rings. The summed E-state index contributed by atoms with van der Waals surface area (Å²) in [6.45, 7) is 7.02. The van der Waals surface area contributed by atoms with E-state index < -0.39 is 0 Å². The van der Waals surface area contributed by atoms with Crippen LogP contribution >= 0.6 is 0 Å². The van der Waals surface area contributed by atoms with Crippen LogP contribution in [0.2, 0.25) is 0 Å². The lowest BCUT2D eigenvalue weighted by Gasteiger charge is -2.26. The van der Waals surface area contributed by atoms with Gasteiger partial charge in [0, 0.05) is 48.3 Å². The molecular formula is C28H33N5O3. The minimum atomic E-state index is 0.215. The zero-order valence-electron chi connectivity index (χ0n) is 20.9. The van der Waals surface area contributed by atoms with Crippen LogP contribution in [-0.2, 0) is 27.2 Å². The van der Waals surface area contributed by atoms with Crippen molar-refractivity contribution in [3.63, 3.8) is 0 Å². The van der Waals surface area contributed by atoms with Crippen LogP contribution in [0.3, 0.4) is 0 Å². The highest BCUT2D eigenvalue weighted by Crippen LogP contribution is 2.24. The second-order valence-corrected chi connectivity index (χ2v) is 9.13. The Balaban J connectivity index is 1.46. The van der Waals surface area contributed by atoms with E-state index in [2.05, 4.69) is 29.0 Å². The first-order chi connectivity index (χ1) is 17.6. The van der Waals surface area contributed by atoms with Gasteiger partial charge in [0.1, 0.15) is 6.10 Å². The first kappa shape index (κ1) is 25.7. The van der Waals surface area contributed by atoms with Gasteiger partial charge >= 0.3 is 0 Å². The molecule has 36 heavy (non-hydrogen) atoms. The van der Waals surface area contributed by atoms with Crippen molar-refractivity contribution in [1.82, 2.24) is 9.97 Å². The molecule has 2 aliphatic heterocycles. The van der Waals surface area contributed by atoms with Crippen molar-refractivity contribution in [2.45, 2.75) is 45.8 Å². The summed E-state index contributed by atoms with van der Waals surface area (Å²) in [5.41, 5.74) is 11.2. The summed E-state index contributed by atoms with van der Waals surface area (Å²) in [6.07, 6.45) is 10.3. The molecule has 0 amide bonds. The van der Waals surface area contributed by atoms with Gasteiger partial charge in [0.15, 0.2) is 5.82 Å². The number of hydrogen-bond donors (Lipinski definition) is 1. The van der Waals surface area contributed by atoms with Crippen LogP contribution in [0, 0.1) is 17.2 Å². The van der Waals surface area contributed by atoms with Crippen LogP contribution in [0.5, 0.6) is 0 Å². The molecule has 4 rings (SSSR count).